The van der Waals surface area contributed by atoms with E-state index in [2.05, 4.69) is 13.8 Å². The molecule has 0 aliphatic heterocycles. The molecule has 1 N–H and O–H groups in total. The second-order valence-corrected chi connectivity index (χ2v) is 3.29. The number of aliphatic hydroxyl groups is 1. The minimum Gasteiger partial charge on any atom is -0.372 e. The zero-order valence-electron chi connectivity index (χ0n) is 7.33. The first-order valence-electron chi connectivity index (χ1n) is 3.79. The Kier molecular flexibility index (Phi) is 3.84. The first-order chi connectivity index (χ1) is 4.98. The first-order valence-corrected chi connectivity index (χ1v) is 3.79. The van der Waals surface area contributed by atoms with Crippen LogP contribution in [0, 0.1) is 17.2 Å². The van der Waals surface area contributed by atoms with Crippen LogP contribution in [-0.2, 0) is 0 Å². The lowest BCUT2D eigenvalue weighted by atomic mass is 10.1. The van der Waals surface area contributed by atoms with Crippen molar-refractivity contribution in [1.82, 2.24) is 0 Å². The third kappa shape index (κ3) is 5.63. The van der Waals surface area contributed by atoms with Gasteiger partial charge in [0.15, 0.2) is 5.60 Å². The molecule has 1 atom stereocenters. The number of nitriles is 1. The van der Waals surface area contributed by atoms with E-state index < -0.39 is 5.60 Å². The molecule has 0 aromatic carbocycles. The van der Waals surface area contributed by atoms with Crippen molar-refractivity contribution in [2.75, 3.05) is 0 Å². The van der Waals surface area contributed by atoms with Crippen molar-refractivity contribution >= 4 is 0 Å². The lowest BCUT2D eigenvalue weighted by Crippen LogP contribution is -2.16. The van der Waals surface area contributed by atoms with Gasteiger partial charge < -0.3 is 5.11 Å². The summed E-state index contributed by atoms with van der Waals surface area (Å²) in [6.07, 6.45) is 4.28. The molecule has 0 radical (unpaired) electrons. The quantitative estimate of drug-likeness (QED) is 0.497. The lowest BCUT2D eigenvalue weighted by molar-refractivity contribution is 0.171. The largest absolute Gasteiger partial charge is 0.372 e. The van der Waals surface area contributed by atoms with E-state index in [-0.39, 0.29) is 0 Å². The van der Waals surface area contributed by atoms with Crippen molar-refractivity contribution in [3.05, 3.63) is 12.2 Å². The van der Waals surface area contributed by atoms with Crippen molar-refractivity contribution in [2.45, 2.75) is 32.8 Å². The molecule has 0 amide bonds. The average Bonchev–Trinajstić information content (AvgIpc) is 1.87. The van der Waals surface area contributed by atoms with Gasteiger partial charge in [-0.05, 0) is 25.3 Å². The Labute approximate surface area is 68.2 Å². The minimum absolute atomic E-state index is 0.570. The molecule has 62 valence electrons. The Bertz CT molecular complexity index is 174. The molecule has 1 unspecified atom stereocenters. The molecule has 0 aromatic heterocycles. The third-order valence-corrected chi connectivity index (χ3v) is 1.28. The fourth-order valence-corrected chi connectivity index (χ4v) is 0.607. The zero-order valence-corrected chi connectivity index (χ0v) is 7.33. The van der Waals surface area contributed by atoms with Gasteiger partial charge in [-0.1, -0.05) is 19.9 Å². The molecular weight excluding hydrogens is 138 g/mol. The van der Waals surface area contributed by atoms with Crippen molar-refractivity contribution in [2.24, 2.45) is 5.92 Å². The fraction of sp³-hybridized carbons (Fsp3) is 0.667. The first kappa shape index (κ1) is 10.2. The van der Waals surface area contributed by atoms with E-state index in [1.165, 1.54) is 13.0 Å². The summed E-state index contributed by atoms with van der Waals surface area (Å²) < 4.78 is 0. The summed E-state index contributed by atoms with van der Waals surface area (Å²) in [4.78, 5) is 0. The maximum atomic E-state index is 9.19. The maximum absolute atomic E-state index is 9.19. The van der Waals surface area contributed by atoms with E-state index in [0.29, 0.717) is 5.92 Å². The van der Waals surface area contributed by atoms with Crippen LogP contribution in [0.3, 0.4) is 0 Å². The molecular formula is C9H15NO. The minimum atomic E-state index is -1.30. The predicted molar refractivity (Wildman–Crippen MR) is 44.8 cm³/mol. The van der Waals surface area contributed by atoms with E-state index in [1.54, 1.807) is 6.07 Å². The summed E-state index contributed by atoms with van der Waals surface area (Å²) in [6, 6.07) is 1.78. The van der Waals surface area contributed by atoms with E-state index in [4.69, 9.17) is 5.26 Å². The van der Waals surface area contributed by atoms with Crippen LogP contribution in [0.4, 0.5) is 0 Å². The van der Waals surface area contributed by atoms with Crippen LogP contribution in [0.1, 0.15) is 27.2 Å². The lowest BCUT2D eigenvalue weighted by Gasteiger charge is -2.06. The molecule has 0 heterocycles. The molecule has 0 aliphatic carbocycles. The SMILES string of the molecule is CC(C)CC=CC(C)(O)C#N. The molecule has 2 nitrogen and oxygen atoms in total. The summed E-state index contributed by atoms with van der Waals surface area (Å²) in [7, 11) is 0. The van der Waals surface area contributed by atoms with Gasteiger partial charge in [0.25, 0.3) is 0 Å². The van der Waals surface area contributed by atoms with Crippen LogP contribution < -0.4 is 0 Å². The summed E-state index contributed by atoms with van der Waals surface area (Å²) in [5, 5.41) is 17.6. The summed E-state index contributed by atoms with van der Waals surface area (Å²) in [6.45, 7) is 5.65. The molecule has 0 aliphatic rings. The van der Waals surface area contributed by atoms with Gasteiger partial charge >= 0.3 is 0 Å². The monoisotopic (exact) mass is 153 g/mol. The molecule has 0 spiro atoms. The molecule has 2 heteroatoms. The number of hydrogen-bond donors (Lipinski definition) is 1. The van der Waals surface area contributed by atoms with Crippen LogP contribution in [0.15, 0.2) is 12.2 Å². The molecule has 0 aromatic rings. The van der Waals surface area contributed by atoms with E-state index >= 15 is 0 Å². The third-order valence-electron chi connectivity index (χ3n) is 1.28. The van der Waals surface area contributed by atoms with Gasteiger partial charge in [-0.3, -0.25) is 0 Å². The van der Waals surface area contributed by atoms with Gasteiger partial charge in [0.2, 0.25) is 0 Å². The standard InChI is InChI=1S/C9H15NO/c1-8(2)5-4-6-9(3,11)7-10/h4,6,8,11H,5H2,1-3H3. The Balaban J connectivity index is 3.85. The second kappa shape index (κ2) is 4.15. The normalized spacial score (nSPS) is 16.7. The fourth-order valence-electron chi connectivity index (χ4n) is 0.607. The van der Waals surface area contributed by atoms with Gasteiger partial charge in [-0.25, -0.2) is 0 Å². The highest BCUT2D eigenvalue weighted by Gasteiger charge is 2.12. The van der Waals surface area contributed by atoms with Gasteiger partial charge in [0, 0.05) is 0 Å². The van der Waals surface area contributed by atoms with E-state index in [0.717, 1.165) is 6.42 Å². The Morgan fingerprint density at radius 2 is 2.18 bits per heavy atom. The maximum Gasteiger partial charge on any atom is 0.166 e. The van der Waals surface area contributed by atoms with Crippen molar-refractivity contribution in [3.8, 4) is 6.07 Å². The molecule has 0 rings (SSSR count). The van der Waals surface area contributed by atoms with Crippen molar-refractivity contribution in [3.63, 3.8) is 0 Å². The van der Waals surface area contributed by atoms with Gasteiger partial charge in [0.05, 0.1) is 0 Å². The van der Waals surface area contributed by atoms with Crippen LogP contribution in [0.2, 0.25) is 0 Å². The highest BCUT2D eigenvalue weighted by Crippen LogP contribution is 2.06. The smallest absolute Gasteiger partial charge is 0.166 e. The van der Waals surface area contributed by atoms with Crippen LogP contribution in [0.25, 0.3) is 0 Å². The highest BCUT2D eigenvalue weighted by atomic mass is 16.3. The molecule has 0 saturated carbocycles. The van der Waals surface area contributed by atoms with Crippen molar-refractivity contribution < 1.29 is 5.11 Å². The Hall–Kier alpha value is -0.810. The van der Waals surface area contributed by atoms with Gasteiger partial charge in [-0.2, -0.15) is 5.26 Å². The van der Waals surface area contributed by atoms with Crippen molar-refractivity contribution in [1.29, 1.82) is 5.26 Å². The van der Waals surface area contributed by atoms with Crippen LogP contribution >= 0.6 is 0 Å². The predicted octanol–water partition coefficient (Wildman–Crippen LogP) is 1.86. The van der Waals surface area contributed by atoms with Crippen LogP contribution in [-0.4, -0.2) is 10.7 Å². The molecule has 0 bridgehead atoms. The van der Waals surface area contributed by atoms with Gasteiger partial charge in [0.1, 0.15) is 6.07 Å². The number of hydrogen-bond acceptors (Lipinski definition) is 2. The number of nitrogens with zero attached hydrogens (tertiary/aromatic N) is 1. The molecule has 0 saturated heterocycles. The number of allylic oxidation sites excluding steroid dienone is 1. The summed E-state index contributed by atoms with van der Waals surface area (Å²) >= 11 is 0. The summed E-state index contributed by atoms with van der Waals surface area (Å²) in [5.74, 6) is 0.570. The van der Waals surface area contributed by atoms with E-state index in [1.807, 2.05) is 6.08 Å². The summed E-state index contributed by atoms with van der Waals surface area (Å²) in [5.41, 5.74) is -1.30. The Morgan fingerprint density at radius 3 is 2.55 bits per heavy atom. The molecule has 11 heavy (non-hydrogen) atoms. The zero-order chi connectivity index (χ0) is 8.91. The molecule has 0 fully saturated rings. The average molecular weight is 153 g/mol. The number of rotatable bonds is 3. The van der Waals surface area contributed by atoms with Gasteiger partial charge in [-0.15, -0.1) is 0 Å². The topological polar surface area (TPSA) is 44.0 Å². The second-order valence-electron chi connectivity index (χ2n) is 3.29. The van der Waals surface area contributed by atoms with E-state index in [9.17, 15) is 5.11 Å². The van der Waals surface area contributed by atoms with Crippen LogP contribution in [0.5, 0.6) is 0 Å². The highest BCUT2D eigenvalue weighted by molar-refractivity contribution is 5.11. The Morgan fingerprint density at radius 1 is 1.64 bits per heavy atom.